The van der Waals surface area contributed by atoms with Crippen LogP contribution in [0.15, 0.2) is 54.6 Å². The molecule has 0 saturated heterocycles. The minimum Gasteiger partial charge on any atom is -0.507 e. The van der Waals surface area contributed by atoms with Gasteiger partial charge in [0, 0.05) is 29.5 Å². The molecule has 3 aromatic carbocycles. The van der Waals surface area contributed by atoms with E-state index in [9.17, 15) is 24.3 Å². The Morgan fingerprint density at radius 1 is 0.625 bits per heavy atom. The molecule has 3 rings (SSSR count). The van der Waals surface area contributed by atoms with E-state index >= 15 is 0 Å². The van der Waals surface area contributed by atoms with E-state index in [1.165, 1.54) is 13.8 Å². The molecule has 0 aromatic heterocycles. The number of carbonyl (C=O) groups is 4. The molecule has 0 aliphatic heterocycles. The van der Waals surface area contributed by atoms with Crippen molar-refractivity contribution in [2.24, 2.45) is 0 Å². The van der Waals surface area contributed by atoms with E-state index in [1.54, 1.807) is 38.1 Å². The molecule has 48 heavy (non-hydrogen) atoms. The van der Waals surface area contributed by atoms with Gasteiger partial charge < -0.3 is 24.1 Å². The maximum Gasteiger partial charge on any atom is 0.305 e. The first-order valence-corrected chi connectivity index (χ1v) is 16.7. The second-order valence-electron chi connectivity index (χ2n) is 11.2. The Balaban J connectivity index is 0.000000764. The van der Waals surface area contributed by atoms with Crippen molar-refractivity contribution in [3.8, 4) is 23.0 Å². The number of ketones is 3. The molecule has 3 aromatic rings. The van der Waals surface area contributed by atoms with Gasteiger partial charge in [-0.05, 0) is 71.2 Å². The minimum atomic E-state index is -0.271. The summed E-state index contributed by atoms with van der Waals surface area (Å²) in [6.07, 6.45) is 4.21. The van der Waals surface area contributed by atoms with Crippen LogP contribution in [0.3, 0.4) is 0 Å². The van der Waals surface area contributed by atoms with Crippen LogP contribution in [0.5, 0.6) is 23.0 Å². The number of phenols is 1. The van der Waals surface area contributed by atoms with Crippen molar-refractivity contribution >= 4 is 23.3 Å². The summed E-state index contributed by atoms with van der Waals surface area (Å²) >= 11 is 0. The number of aromatic hydroxyl groups is 1. The average Bonchev–Trinajstić information content (AvgIpc) is 3.06. The number of rotatable bonds is 19. The fourth-order valence-electron chi connectivity index (χ4n) is 4.92. The molecule has 1 N–H and O–H groups in total. The minimum absolute atomic E-state index is 0.0114. The van der Waals surface area contributed by atoms with E-state index in [0.717, 1.165) is 24.0 Å². The summed E-state index contributed by atoms with van der Waals surface area (Å²) in [6, 6.07) is 16.1. The van der Waals surface area contributed by atoms with Crippen LogP contribution in [-0.2, 0) is 22.4 Å². The van der Waals surface area contributed by atoms with Gasteiger partial charge in [-0.3, -0.25) is 19.2 Å². The molecule has 0 fully saturated rings. The van der Waals surface area contributed by atoms with Gasteiger partial charge in [0.15, 0.2) is 17.3 Å². The Labute approximate surface area is 284 Å². The van der Waals surface area contributed by atoms with E-state index in [-0.39, 0.29) is 42.1 Å². The van der Waals surface area contributed by atoms with Crippen LogP contribution in [-0.4, -0.2) is 54.9 Å². The molecule has 0 saturated carbocycles. The van der Waals surface area contributed by atoms with E-state index in [1.807, 2.05) is 44.2 Å². The van der Waals surface area contributed by atoms with Gasteiger partial charge in [-0.2, -0.15) is 0 Å². The first-order valence-electron chi connectivity index (χ1n) is 16.7. The number of esters is 1. The number of benzene rings is 3. The van der Waals surface area contributed by atoms with Crippen LogP contribution in [0.2, 0.25) is 0 Å². The lowest BCUT2D eigenvalue weighted by atomic mass is 10.0. The monoisotopic (exact) mass is 662 g/mol. The number of hydrogen-bond donors (Lipinski definition) is 1. The molecule has 0 atom stereocenters. The van der Waals surface area contributed by atoms with Crippen molar-refractivity contribution in [3.63, 3.8) is 0 Å². The molecule has 9 heteroatoms. The quantitative estimate of drug-likeness (QED) is 0.0769. The lowest BCUT2D eigenvalue weighted by Gasteiger charge is -2.19. The molecule has 9 nitrogen and oxygen atoms in total. The van der Waals surface area contributed by atoms with Crippen LogP contribution in [0.25, 0.3) is 0 Å². The van der Waals surface area contributed by atoms with Crippen LogP contribution >= 0.6 is 0 Å². The third-order valence-electron chi connectivity index (χ3n) is 7.28. The van der Waals surface area contributed by atoms with Crippen LogP contribution in [0.4, 0.5) is 0 Å². The Kier molecular flexibility index (Phi) is 17.5. The summed E-state index contributed by atoms with van der Waals surface area (Å²) in [6.45, 7) is 11.7. The van der Waals surface area contributed by atoms with Gasteiger partial charge in [0.1, 0.15) is 23.0 Å². The summed E-state index contributed by atoms with van der Waals surface area (Å²) in [5, 5.41) is 10.5. The van der Waals surface area contributed by atoms with Gasteiger partial charge in [-0.25, -0.2) is 0 Å². The fraction of sp³-hybridized carbons (Fsp3) is 0.436. The van der Waals surface area contributed by atoms with Crippen molar-refractivity contribution in [2.45, 2.75) is 86.5 Å². The second-order valence-corrected chi connectivity index (χ2v) is 11.2. The zero-order chi connectivity index (χ0) is 35.5. The van der Waals surface area contributed by atoms with Gasteiger partial charge in [-0.1, -0.05) is 57.0 Å². The molecule has 0 amide bonds. The predicted octanol–water partition coefficient (Wildman–Crippen LogP) is 8.16. The van der Waals surface area contributed by atoms with Gasteiger partial charge >= 0.3 is 5.97 Å². The number of ether oxygens (including phenoxy) is 4. The normalized spacial score (nSPS) is 10.4. The molecular formula is C39H50O9. The van der Waals surface area contributed by atoms with Gasteiger partial charge in [0.25, 0.3) is 0 Å². The van der Waals surface area contributed by atoms with E-state index in [2.05, 4.69) is 0 Å². The third-order valence-corrected chi connectivity index (χ3v) is 7.28. The molecule has 0 radical (unpaired) electrons. The van der Waals surface area contributed by atoms with Crippen molar-refractivity contribution in [2.75, 3.05) is 26.4 Å². The summed E-state index contributed by atoms with van der Waals surface area (Å²) in [4.78, 5) is 46.4. The molecule has 260 valence electrons. The Morgan fingerprint density at radius 2 is 1.17 bits per heavy atom. The first-order chi connectivity index (χ1) is 23.0. The van der Waals surface area contributed by atoms with E-state index < -0.39 is 0 Å². The van der Waals surface area contributed by atoms with Gasteiger partial charge in [0.05, 0.1) is 37.6 Å². The molecular weight excluding hydrogens is 612 g/mol. The lowest BCUT2D eigenvalue weighted by molar-refractivity contribution is -0.143. The third kappa shape index (κ3) is 12.5. The van der Waals surface area contributed by atoms with Gasteiger partial charge in [0.2, 0.25) is 0 Å². The number of hydrogen-bond acceptors (Lipinski definition) is 9. The highest BCUT2D eigenvalue weighted by Gasteiger charge is 2.19. The molecule has 0 bridgehead atoms. The largest absolute Gasteiger partial charge is 0.507 e. The Morgan fingerprint density at radius 3 is 1.69 bits per heavy atom. The molecule has 0 aliphatic rings. The standard InChI is InChI=1S/C31H42O8.C8H8O/c1-6-11-25-27(16-14-23(21(4)32)30(25)35)37-19-10-20-38-28-17-15-24(22(5)33)31(26(28)12-7-2)39-18-9-13-29(34)36-8-3;1-7(9)8-5-3-2-4-6-8/h14-17,35H,6-13,18-20H2,1-5H3;2-6H,1H3. The number of carbonyl (C=O) groups excluding carboxylic acids is 4. The van der Waals surface area contributed by atoms with Crippen molar-refractivity contribution < 1.29 is 43.2 Å². The van der Waals surface area contributed by atoms with Crippen molar-refractivity contribution in [1.82, 2.24) is 0 Å². The highest BCUT2D eigenvalue weighted by Crippen LogP contribution is 2.35. The van der Waals surface area contributed by atoms with Crippen LogP contribution in [0, 0.1) is 0 Å². The average molecular weight is 663 g/mol. The Hall–Kier alpha value is -4.66. The lowest BCUT2D eigenvalue weighted by Crippen LogP contribution is -2.11. The SMILES string of the molecule is CC(=O)c1ccccc1.CCCc1c(OCCCOc2ccc(C(C)=O)c(OCCCC(=O)OCC)c2CCC)ccc(C(C)=O)c1O. The second kappa shape index (κ2) is 21.3. The molecule has 0 unspecified atom stereocenters. The van der Waals surface area contributed by atoms with Gasteiger partial charge in [-0.15, -0.1) is 0 Å². The fourth-order valence-corrected chi connectivity index (χ4v) is 4.92. The maximum atomic E-state index is 12.3. The molecule has 0 heterocycles. The summed E-state index contributed by atoms with van der Waals surface area (Å²) < 4.78 is 23.0. The van der Waals surface area contributed by atoms with Crippen molar-refractivity contribution in [3.05, 3.63) is 82.4 Å². The summed E-state index contributed by atoms with van der Waals surface area (Å²) in [5.74, 6) is 1.27. The van der Waals surface area contributed by atoms with Crippen molar-refractivity contribution in [1.29, 1.82) is 0 Å². The van der Waals surface area contributed by atoms with E-state index in [0.29, 0.717) is 79.4 Å². The highest BCUT2D eigenvalue weighted by molar-refractivity contribution is 5.98. The predicted molar refractivity (Wildman–Crippen MR) is 186 cm³/mol. The van der Waals surface area contributed by atoms with Crippen LogP contribution < -0.4 is 14.2 Å². The number of Topliss-reactive ketones (excluding diaryl/α,β-unsaturated/α-hetero) is 3. The Bertz CT molecular complexity index is 1500. The molecule has 0 spiro atoms. The zero-order valence-corrected chi connectivity index (χ0v) is 29.2. The highest BCUT2D eigenvalue weighted by atomic mass is 16.5. The maximum absolute atomic E-state index is 12.3. The topological polar surface area (TPSA) is 125 Å². The number of phenolic OH excluding ortho intramolecular Hbond substituents is 1. The molecule has 0 aliphatic carbocycles. The zero-order valence-electron chi connectivity index (χ0n) is 29.2. The van der Waals surface area contributed by atoms with E-state index in [4.69, 9.17) is 18.9 Å². The first kappa shape index (κ1) is 39.5. The summed E-state index contributed by atoms with van der Waals surface area (Å²) in [7, 11) is 0. The smallest absolute Gasteiger partial charge is 0.305 e. The van der Waals surface area contributed by atoms with Crippen LogP contribution in [0.1, 0.15) is 116 Å². The summed E-state index contributed by atoms with van der Waals surface area (Å²) in [5.41, 5.74) is 3.03.